The Hall–Kier alpha value is -7.16. The number of fused-ring (bicyclic) bond motifs is 12. The first-order valence-electron chi connectivity index (χ1n) is 28.8. The lowest BCUT2D eigenvalue weighted by Crippen LogP contribution is -2.11. The van der Waals surface area contributed by atoms with Gasteiger partial charge in [-0.1, -0.05) is 138 Å². The lowest BCUT2D eigenvalue weighted by atomic mass is 9.83. The molecule has 0 aliphatic rings. The maximum atomic E-state index is 8.49. The quantitative estimate of drug-likeness (QED) is 0.153. The summed E-state index contributed by atoms with van der Waals surface area (Å²) in [6, 6.07) is 48.8. The van der Waals surface area contributed by atoms with Gasteiger partial charge in [0.2, 0.25) is 0 Å². The van der Waals surface area contributed by atoms with Crippen LogP contribution in [0.3, 0.4) is 0 Å². The highest BCUT2D eigenvalue weighted by Gasteiger charge is 2.31. The van der Waals surface area contributed by atoms with E-state index in [1.165, 1.54) is 104 Å². The van der Waals surface area contributed by atoms with Crippen LogP contribution in [0.2, 0.25) is 0 Å². The molecule has 10 aromatic carbocycles. The van der Waals surface area contributed by atoms with Crippen LogP contribution >= 0.6 is 0 Å². The molecule has 4 heterocycles. The zero-order chi connectivity index (χ0) is 55.0. The van der Waals surface area contributed by atoms with Crippen LogP contribution in [0.25, 0.3) is 131 Å². The fourth-order valence-corrected chi connectivity index (χ4v) is 12.8. The van der Waals surface area contributed by atoms with E-state index in [1.54, 1.807) is 18.2 Å². The van der Waals surface area contributed by atoms with Gasteiger partial charge in [0.1, 0.15) is 0 Å². The smallest absolute Gasteiger partial charge is 0.0641 e. The molecule has 2 nitrogen and oxygen atoms in total. The average molecular weight is 939 g/mol. The van der Waals surface area contributed by atoms with Gasteiger partial charge in [0.25, 0.3) is 0 Å². The zero-order valence-corrected chi connectivity index (χ0v) is 43.6. The second-order valence-corrected chi connectivity index (χ2v) is 25.5. The summed E-state index contributed by atoms with van der Waals surface area (Å²) in [6.07, 6.45) is 0. The Kier molecular flexibility index (Phi) is 7.24. The van der Waals surface area contributed by atoms with Gasteiger partial charge in [-0.15, -0.1) is 0 Å². The predicted molar refractivity (Wildman–Crippen MR) is 315 cm³/mol. The lowest BCUT2D eigenvalue weighted by molar-refractivity contribution is 0.590. The molecule has 0 saturated heterocycles. The van der Waals surface area contributed by atoms with Crippen LogP contribution in [-0.4, -0.2) is 8.80 Å². The van der Waals surface area contributed by atoms with Gasteiger partial charge in [-0.2, -0.15) is 0 Å². The topological polar surface area (TPSA) is 8.82 Å². The SMILES string of the molecule is [2H]C([2H])([2H])c1cccc(C([2H])([2H])[2H])c1-c1cc2ccc3cc(-c4c5c(cc6c7cc(C(C)(C)C)cc8c9cc(C(C)(C)C)ccc9n(c46)c87)c4cc(C(C)(C)C)cc6c7cc(C(C)(C)C)ccc7n5c64)cc4ccc(c1)c2c34. The molecule has 0 N–H and O–H groups in total. The zero-order valence-electron chi connectivity index (χ0n) is 49.6. The number of aromatic nitrogens is 2. The number of aryl methyl sites for hydroxylation is 2. The summed E-state index contributed by atoms with van der Waals surface area (Å²) in [5.41, 5.74) is 15.5. The minimum Gasteiger partial charge on any atom is -0.307 e. The van der Waals surface area contributed by atoms with Gasteiger partial charge in [-0.25, -0.2) is 0 Å². The molecule has 0 atom stereocenters. The Morgan fingerprint density at radius 2 is 0.653 bits per heavy atom. The highest BCUT2D eigenvalue weighted by molar-refractivity contribution is 6.34. The number of hydrogen-bond donors (Lipinski definition) is 0. The van der Waals surface area contributed by atoms with Crippen molar-refractivity contribution in [2.24, 2.45) is 0 Å². The first-order valence-corrected chi connectivity index (χ1v) is 25.8. The highest BCUT2D eigenvalue weighted by atomic mass is 14.9. The third-order valence-electron chi connectivity index (χ3n) is 16.7. The minimum atomic E-state index is -2.52. The molecule has 0 spiro atoms. The van der Waals surface area contributed by atoms with Crippen LogP contribution in [0.1, 0.15) is 125 Å². The number of nitrogens with zero attached hydrogens (tertiary/aromatic N) is 2. The Bertz CT molecular complexity index is 4600. The van der Waals surface area contributed by atoms with Crippen molar-refractivity contribution in [2.75, 3.05) is 0 Å². The molecule has 0 aliphatic carbocycles. The minimum absolute atomic E-state index is 0.0369. The van der Waals surface area contributed by atoms with Crippen molar-refractivity contribution in [3.05, 3.63) is 167 Å². The van der Waals surface area contributed by atoms with E-state index in [2.05, 4.69) is 195 Å². The van der Waals surface area contributed by atoms with E-state index >= 15 is 0 Å². The van der Waals surface area contributed by atoms with E-state index in [-0.39, 0.29) is 38.4 Å². The summed E-state index contributed by atoms with van der Waals surface area (Å²) in [7, 11) is 0. The van der Waals surface area contributed by atoms with Crippen LogP contribution in [-0.2, 0) is 21.7 Å². The van der Waals surface area contributed by atoms with Crippen molar-refractivity contribution in [1.29, 1.82) is 0 Å². The molecule has 14 rings (SSSR count). The van der Waals surface area contributed by atoms with Gasteiger partial charge in [-0.3, -0.25) is 0 Å². The van der Waals surface area contributed by atoms with Gasteiger partial charge in [0.05, 0.1) is 33.1 Å². The lowest BCUT2D eigenvalue weighted by Gasteiger charge is -2.21. The van der Waals surface area contributed by atoms with E-state index < -0.39 is 13.7 Å². The first-order chi connectivity index (χ1) is 36.5. The maximum absolute atomic E-state index is 8.49. The monoisotopic (exact) mass is 939 g/mol. The molecule has 0 unspecified atom stereocenters. The van der Waals surface area contributed by atoms with Crippen LogP contribution in [0.15, 0.2) is 133 Å². The van der Waals surface area contributed by atoms with Crippen molar-refractivity contribution in [3.63, 3.8) is 0 Å². The fraction of sp³-hybridized carbons (Fsp3) is 0.257. The Labute approximate surface area is 431 Å². The van der Waals surface area contributed by atoms with Crippen LogP contribution < -0.4 is 0 Å². The predicted octanol–water partition coefficient (Wildman–Crippen LogP) is 20.0. The summed E-state index contributed by atoms with van der Waals surface area (Å²) >= 11 is 0. The molecule has 0 fully saturated rings. The third kappa shape index (κ3) is 5.84. The van der Waals surface area contributed by atoms with E-state index in [1.807, 2.05) is 12.1 Å². The van der Waals surface area contributed by atoms with Crippen molar-refractivity contribution < 1.29 is 8.22 Å². The third-order valence-corrected chi connectivity index (χ3v) is 16.7. The van der Waals surface area contributed by atoms with Gasteiger partial charge in [0.15, 0.2) is 0 Å². The molecule has 0 aliphatic heterocycles. The summed E-state index contributed by atoms with van der Waals surface area (Å²) in [5, 5.41) is 16.3. The first kappa shape index (κ1) is 37.6. The average Bonchev–Trinajstić information content (AvgIpc) is 2.48. The molecule has 2 heteroatoms. The fourth-order valence-electron chi connectivity index (χ4n) is 12.8. The van der Waals surface area contributed by atoms with Crippen molar-refractivity contribution in [2.45, 2.75) is 118 Å². The van der Waals surface area contributed by atoms with Crippen molar-refractivity contribution >= 4 is 109 Å². The summed E-state index contributed by atoms with van der Waals surface area (Å²) in [4.78, 5) is 0. The number of rotatable bonds is 2. The summed E-state index contributed by atoms with van der Waals surface area (Å²) in [6.45, 7) is 22.8. The van der Waals surface area contributed by atoms with E-state index in [0.29, 0.717) is 5.56 Å². The Morgan fingerprint density at radius 1 is 0.319 bits per heavy atom. The largest absolute Gasteiger partial charge is 0.307 e. The molecule has 72 heavy (non-hydrogen) atoms. The van der Waals surface area contributed by atoms with E-state index in [9.17, 15) is 0 Å². The van der Waals surface area contributed by atoms with Crippen LogP contribution in [0, 0.1) is 13.7 Å². The normalized spacial score (nSPS) is 15.3. The molecule has 354 valence electrons. The second-order valence-electron chi connectivity index (χ2n) is 25.5. The van der Waals surface area contributed by atoms with Crippen molar-refractivity contribution in [3.8, 4) is 22.3 Å². The number of benzene rings is 10. The second kappa shape index (κ2) is 13.9. The standard InChI is InChI=1S/C70H64N2/c1-37-16-15-17-38(2)59(37)43-26-39-18-20-41-28-44(29-42-21-19-40(27-43)60(39)61(41)42)62-65-55(53-34-47(69(9,10)11)32-51-49-30-45(67(3,4)5)22-24-57(49)71(65)63(51)53)36-56-54-35-48(70(12,13)14)33-52-50-31-46(68(6,7)8)23-25-58(50)72(64(52)54)66(56)62/h15-36H,1-14H3/i1D3,2D3. The molecule has 14 aromatic rings. The molecular weight excluding hydrogens is 869 g/mol. The molecular formula is C70H64N2. The Morgan fingerprint density at radius 3 is 1.01 bits per heavy atom. The molecule has 0 saturated carbocycles. The molecule has 0 radical (unpaired) electrons. The van der Waals surface area contributed by atoms with Crippen molar-refractivity contribution in [1.82, 2.24) is 8.80 Å². The molecule has 0 amide bonds. The van der Waals surface area contributed by atoms with Gasteiger partial charge in [0, 0.05) is 56.9 Å². The molecule has 0 bridgehead atoms. The van der Waals surface area contributed by atoms with Gasteiger partial charge < -0.3 is 8.80 Å². The van der Waals surface area contributed by atoms with E-state index in [4.69, 9.17) is 8.22 Å². The summed E-state index contributed by atoms with van der Waals surface area (Å²) < 4.78 is 56.1. The highest BCUT2D eigenvalue weighted by Crippen LogP contribution is 2.53. The van der Waals surface area contributed by atoms with Gasteiger partial charge >= 0.3 is 0 Å². The van der Waals surface area contributed by atoms with E-state index in [0.717, 1.165) is 37.9 Å². The van der Waals surface area contributed by atoms with Crippen LogP contribution in [0.4, 0.5) is 0 Å². The van der Waals surface area contributed by atoms with Gasteiger partial charge in [-0.05, 0) is 197 Å². The Balaban J connectivity index is 1.16. The maximum Gasteiger partial charge on any atom is 0.0641 e. The number of hydrogen-bond acceptors (Lipinski definition) is 0. The summed E-state index contributed by atoms with van der Waals surface area (Å²) in [5.74, 6) is 0. The molecule has 4 aromatic heterocycles. The van der Waals surface area contributed by atoms with Crippen LogP contribution in [0.5, 0.6) is 0 Å².